The highest BCUT2D eigenvalue weighted by Gasteiger charge is 2.51. The molecule has 6 atom stereocenters. The summed E-state index contributed by atoms with van der Waals surface area (Å²) >= 11 is 0. The number of carboxylic acid groups (broad SMARTS) is 1. The number of carbonyl (C=O) groups excluding carboxylic acids is 1. The summed E-state index contributed by atoms with van der Waals surface area (Å²) < 4.78 is 0. The quantitative estimate of drug-likeness (QED) is 0.638. The third-order valence-corrected chi connectivity index (χ3v) is 4.56. The van der Waals surface area contributed by atoms with Crippen molar-refractivity contribution in [2.75, 3.05) is 6.61 Å². The van der Waals surface area contributed by atoms with Crippen LogP contribution in [0, 0.1) is 29.6 Å². The molecule has 2 aliphatic carbocycles. The molecule has 0 aromatic heterocycles. The van der Waals surface area contributed by atoms with Crippen LogP contribution in [0.3, 0.4) is 0 Å². The zero-order valence-corrected chi connectivity index (χ0v) is 11.2. The van der Waals surface area contributed by atoms with Crippen LogP contribution in [0.15, 0.2) is 12.2 Å². The molecule has 0 spiro atoms. The molecule has 2 aliphatic rings. The molecule has 2 bridgehead atoms. The first-order valence-electron chi connectivity index (χ1n) is 6.78. The fourth-order valence-electron chi connectivity index (χ4n) is 3.14. The largest absolute Gasteiger partial charge is 0.481 e. The summed E-state index contributed by atoms with van der Waals surface area (Å²) in [6.45, 7) is 3.68. The first kappa shape index (κ1) is 14.1. The molecular weight excluding hydrogens is 246 g/mol. The average molecular weight is 267 g/mol. The Hall–Kier alpha value is -1.36. The van der Waals surface area contributed by atoms with Crippen molar-refractivity contribution in [2.45, 2.75) is 26.3 Å². The summed E-state index contributed by atoms with van der Waals surface area (Å²) in [6.07, 6.45) is 4.65. The highest BCUT2D eigenvalue weighted by atomic mass is 16.4. The normalized spacial score (nSPS) is 35.1. The predicted octanol–water partition coefficient (Wildman–Crippen LogP) is 0.642. The van der Waals surface area contributed by atoms with Gasteiger partial charge in [0.15, 0.2) is 0 Å². The Balaban J connectivity index is 2.06. The summed E-state index contributed by atoms with van der Waals surface area (Å²) in [5.74, 6) is -2.17. The van der Waals surface area contributed by atoms with E-state index in [0.717, 1.165) is 6.42 Å². The Kier molecular flexibility index (Phi) is 3.94. The Morgan fingerprint density at radius 1 is 1.26 bits per heavy atom. The summed E-state index contributed by atoms with van der Waals surface area (Å²) in [6, 6.07) is -0.157. The van der Waals surface area contributed by atoms with Crippen LogP contribution in [0.2, 0.25) is 0 Å². The molecule has 0 saturated heterocycles. The molecule has 1 saturated carbocycles. The maximum absolute atomic E-state index is 12.3. The minimum atomic E-state index is -0.889. The Bertz CT molecular complexity index is 406. The molecule has 106 valence electrons. The number of hydrogen-bond acceptors (Lipinski definition) is 3. The topological polar surface area (TPSA) is 86.6 Å². The van der Waals surface area contributed by atoms with Gasteiger partial charge in [-0.15, -0.1) is 0 Å². The number of carbonyl (C=O) groups is 2. The number of allylic oxidation sites excluding steroid dienone is 2. The van der Waals surface area contributed by atoms with Crippen LogP contribution in [-0.4, -0.2) is 34.7 Å². The van der Waals surface area contributed by atoms with Gasteiger partial charge in [0, 0.05) is 12.6 Å². The van der Waals surface area contributed by atoms with Gasteiger partial charge < -0.3 is 15.5 Å². The molecular formula is C14H21NO4. The van der Waals surface area contributed by atoms with Crippen LogP contribution >= 0.6 is 0 Å². The van der Waals surface area contributed by atoms with Crippen molar-refractivity contribution in [3.05, 3.63) is 12.2 Å². The molecule has 0 heterocycles. The van der Waals surface area contributed by atoms with Crippen molar-refractivity contribution < 1.29 is 19.8 Å². The van der Waals surface area contributed by atoms with Gasteiger partial charge in [-0.1, -0.05) is 19.1 Å². The lowest BCUT2D eigenvalue weighted by molar-refractivity contribution is -0.148. The zero-order chi connectivity index (χ0) is 14.2. The van der Waals surface area contributed by atoms with Crippen LogP contribution < -0.4 is 5.32 Å². The second-order valence-electron chi connectivity index (χ2n) is 5.80. The van der Waals surface area contributed by atoms with E-state index in [1.54, 1.807) is 0 Å². The lowest BCUT2D eigenvalue weighted by atomic mass is 9.82. The SMILES string of the molecule is CC(CO)C(C)NC(=O)C1C2C=CC(C2)C1C(=O)O. The van der Waals surface area contributed by atoms with Crippen molar-refractivity contribution in [3.8, 4) is 0 Å². The predicted molar refractivity (Wildman–Crippen MR) is 69.2 cm³/mol. The summed E-state index contributed by atoms with van der Waals surface area (Å²) in [5, 5.41) is 21.2. The number of nitrogens with one attached hydrogen (secondary N) is 1. The fourth-order valence-corrected chi connectivity index (χ4v) is 3.14. The molecule has 0 aromatic rings. The first-order chi connectivity index (χ1) is 8.95. The van der Waals surface area contributed by atoms with Crippen molar-refractivity contribution in [1.82, 2.24) is 5.32 Å². The van der Waals surface area contributed by atoms with Gasteiger partial charge in [-0.2, -0.15) is 0 Å². The molecule has 0 aromatic carbocycles. The third-order valence-electron chi connectivity index (χ3n) is 4.56. The molecule has 5 heteroatoms. The van der Waals surface area contributed by atoms with Gasteiger partial charge >= 0.3 is 5.97 Å². The first-order valence-corrected chi connectivity index (χ1v) is 6.78. The second kappa shape index (κ2) is 5.33. The van der Waals surface area contributed by atoms with E-state index in [0.29, 0.717) is 0 Å². The van der Waals surface area contributed by atoms with E-state index in [1.807, 2.05) is 26.0 Å². The minimum absolute atomic E-state index is 0.000425. The van der Waals surface area contributed by atoms with E-state index in [1.165, 1.54) is 0 Å². The lowest BCUT2D eigenvalue weighted by Crippen LogP contribution is -2.46. The van der Waals surface area contributed by atoms with Gasteiger partial charge in [-0.25, -0.2) is 0 Å². The third kappa shape index (κ3) is 2.52. The fraction of sp³-hybridized carbons (Fsp3) is 0.714. The number of amides is 1. The second-order valence-corrected chi connectivity index (χ2v) is 5.80. The number of hydrogen-bond donors (Lipinski definition) is 3. The van der Waals surface area contributed by atoms with Gasteiger partial charge in [0.2, 0.25) is 5.91 Å². The van der Waals surface area contributed by atoms with Crippen molar-refractivity contribution in [2.24, 2.45) is 29.6 Å². The Morgan fingerprint density at radius 3 is 2.37 bits per heavy atom. The summed E-state index contributed by atoms with van der Waals surface area (Å²) in [5.41, 5.74) is 0. The van der Waals surface area contributed by atoms with Crippen LogP contribution in [0.25, 0.3) is 0 Å². The number of carboxylic acids is 1. The molecule has 0 radical (unpaired) electrons. The number of rotatable bonds is 5. The van der Waals surface area contributed by atoms with E-state index in [2.05, 4.69) is 5.32 Å². The molecule has 6 unspecified atom stereocenters. The van der Waals surface area contributed by atoms with Crippen LogP contribution in [0.5, 0.6) is 0 Å². The maximum Gasteiger partial charge on any atom is 0.307 e. The standard InChI is InChI=1S/C14H21NO4/c1-7(6-16)8(2)15-13(17)11-9-3-4-10(5-9)12(11)14(18)19/h3-4,7-12,16H,5-6H2,1-2H3,(H,15,17)(H,18,19). The van der Waals surface area contributed by atoms with E-state index in [9.17, 15) is 14.7 Å². The van der Waals surface area contributed by atoms with Crippen molar-refractivity contribution in [1.29, 1.82) is 0 Å². The van der Waals surface area contributed by atoms with E-state index >= 15 is 0 Å². The summed E-state index contributed by atoms with van der Waals surface area (Å²) in [7, 11) is 0. The minimum Gasteiger partial charge on any atom is -0.481 e. The molecule has 1 amide bonds. The van der Waals surface area contributed by atoms with Gasteiger partial charge in [0.1, 0.15) is 0 Å². The monoisotopic (exact) mass is 267 g/mol. The zero-order valence-electron chi connectivity index (χ0n) is 11.2. The number of aliphatic hydroxyl groups is 1. The molecule has 0 aliphatic heterocycles. The van der Waals surface area contributed by atoms with E-state index < -0.39 is 17.8 Å². The molecule has 1 fully saturated rings. The van der Waals surface area contributed by atoms with Gasteiger partial charge in [0.05, 0.1) is 11.8 Å². The number of aliphatic hydroxyl groups excluding tert-OH is 1. The van der Waals surface area contributed by atoms with Crippen LogP contribution in [-0.2, 0) is 9.59 Å². The smallest absolute Gasteiger partial charge is 0.307 e. The Morgan fingerprint density at radius 2 is 1.84 bits per heavy atom. The highest BCUT2D eigenvalue weighted by Crippen LogP contribution is 2.48. The number of fused-ring (bicyclic) bond motifs is 2. The molecule has 3 N–H and O–H groups in total. The molecule has 5 nitrogen and oxygen atoms in total. The average Bonchev–Trinajstić information content (AvgIpc) is 2.97. The van der Waals surface area contributed by atoms with Gasteiger partial charge in [0.25, 0.3) is 0 Å². The van der Waals surface area contributed by atoms with Gasteiger partial charge in [-0.05, 0) is 31.1 Å². The molecule has 19 heavy (non-hydrogen) atoms. The Labute approximate surface area is 112 Å². The van der Waals surface area contributed by atoms with Crippen LogP contribution in [0.1, 0.15) is 20.3 Å². The van der Waals surface area contributed by atoms with E-state index in [-0.39, 0.29) is 36.3 Å². The van der Waals surface area contributed by atoms with Crippen molar-refractivity contribution >= 4 is 11.9 Å². The van der Waals surface area contributed by atoms with Crippen LogP contribution in [0.4, 0.5) is 0 Å². The lowest BCUT2D eigenvalue weighted by Gasteiger charge is -2.27. The van der Waals surface area contributed by atoms with E-state index in [4.69, 9.17) is 5.11 Å². The van der Waals surface area contributed by atoms with Gasteiger partial charge in [-0.3, -0.25) is 9.59 Å². The molecule has 2 rings (SSSR count). The van der Waals surface area contributed by atoms with Crippen molar-refractivity contribution in [3.63, 3.8) is 0 Å². The summed E-state index contributed by atoms with van der Waals surface area (Å²) in [4.78, 5) is 23.6. The number of aliphatic carboxylic acids is 1. The maximum atomic E-state index is 12.3. The highest BCUT2D eigenvalue weighted by molar-refractivity contribution is 5.87.